The predicted octanol–water partition coefficient (Wildman–Crippen LogP) is 2.53. The summed E-state index contributed by atoms with van der Waals surface area (Å²) in [6, 6.07) is 10.4. The monoisotopic (exact) mass is 286 g/mol. The molecular formula is C17H22N2O2. The quantitative estimate of drug-likeness (QED) is 0.781. The lowest BCUT2D eigenvalue weighted by Crippen LogP contribution is -2.36. The molecule has 4 heteroatoms. The lowest BCUT2D eigenvalue weighted by atomic mass is 9.96. The Hall–Kier alpha value is -1.86. The second kappa shape index (κ2) is 7.80. The Bertz CT molecular complexity index is 514. The molecule has 1 aliphatic heterocycles. The van der Waals surface area contributed by atoms with E-state index in [0.29, 0.717) is 13.0 Å². The van der Waals surface area contributed by atoms with E-state index in [1.165, 1.54) is 5.56 Å². The van der Waals surface area contributed by atoms with Crippen molar-refractivity contribution in [3.8, 4) is 6.07 Å². The fourth-order valence-corrected chi connectivity index (χ4v) is 2.77. The van der Waals surface area contributed by atoms with Gasteiger partial charge in [0.05, 0.1) is 25.0 Å². The molecule has 1 aromatic rings. The second-order valence-electron chi connectivity index (χ2n) is 5.46. The number of piperidine rings is 1. The van der Waals surface area contributed by atoms with Gasteiger partial charge in [-0.25, -0.2) is 0 Å². The summed E-state index contributed by atoms with van der Waals surface area (Å²) in [6.45, 7) is 5.04. The zero-order chi connectivity index (χ0) is 15.1. The van der Waals surface area contributed by atoms with Crippen molar-refractivity contribution in [1.82, 2.24) is 4.90 Å². The molecule has 112 valence electrons. The number of carbonyl (C=O) groups is 1. The summed E-state index contributed by atoms with van der Waals surface area (Å²) in [5.74, 6) is 0.0132. The minimum absolute atomic E-state index is 0.0480. The van der Waals surface area contributed by atoms with Gasteiger partial charge in [0.2, 0.25) is 0 Å². The number of esters is 1. The van der Waals surface area contributed by atoms with Crippen LogP contribution in [0.5, 0.6) is 0 Å². The van der Waals surface area contributed by atoms with Crippen molar-refractivity contribution >= 4 is 5.97 Å². The molecule has 0 spiro atoms. The van der Waals surface area contributed by atoms with E-state index in [-0.39, 0.29) is 11.9 Å². The van der Waals surface area contributed by atoms with Gasteiger partial charge in [-0.05, 0) is 44.0 Å². The van der Waals surface area contributed by atoms with Gasteiger partial charge >= 0.3 is 5.97 Å². The summed E-state index contributed by atoms with van der Waals surface area (Å²) in [6.07, 6.45) is 2.20. The first kappa shape index (κ1) is 15.5. The number of rotatable bonds is 5. The third-order valence-electron chi connectivity index (χ3n) is 3.89. The minimum atomic E-state index is -0.0480. The molecule has 0 unspecified atom stereocenters. The highest BCUT2D eigenvalue weighted by Crippen LogP contribution is 2.20. The third-order valence-corrected chi connectivity index (χ3v) is 3.89. The maximum absolute atomic E-state index is 11.7. The summed E-state index contributed by atoms with van der Waals surface area (Å²) in [5, 5.41) is 8.75. The molecule has 21 heavy (non-hydrogen) atoms. The number of benzene rings is 1. The van der Waals surface area contributed by atoms with Crippen LogP contribution < -0.4 is 0 Å². The number of carbonyl (C=O) groups excluding carboxylic acids is 1. The SMILES string of the molecule is CCOC(=O)C1CCN(Cc2cccc(CC#N)c2)CC1. The highest BCUT2D eigenvalue weighted by atomic mass is 16.5. The van der Waals surface area contributed by atoms with E-state index < -0.39 is 0 Å². The van der Waals surface area contributed by atoms with Gasteiger partial charge in [-0.2, -0.15) is 5.26 Å². The average molecular weight is 286 g/mol. The first-order valence-corrected chi connectivity index (χ1v) is 7.56. The van der Waals surface area contributed by atoms with Crippen molar-refractivity contribution in [3.05, 3.63) is 35.4 Å². The number of nitriles is 1. The van der Waals surface area contributed by atoms with Gasteiger partial charge in [-0.3, -0.25) is 9.69 Å². The third kappa shape index (κ3) is 4.57. The van der Waals surface area contributed by atoms with Crippen LogP contribution in [0.4, 0.5) is 0 Å². The Balaban J connectivity index is 1.85. The minimum Gasteiger partial charge on any atom is -0.466 e. The molecule has 0 N–H and O–H groups in total. The fraction of sp³-hybridized carbons (Fsp3) is 0.529. The highest BCUT2D eigenvalue weighted by Gasteiger charge is 2.25. The van der Waals surface area contributed by atoms with Gasteiger partial charge in [0, 0.05) is 6.54 Å². The normalized spacial score (nSPS) is 16.4. The molecule has 1 heterocycles. The molecule has 0 radical (unpaired) electrons. The lowest BCUT2D eigenvalue weighted by molar-refractivity contribution is -0.149. The molecule has 4 nitrogen and oxygen atoms in total. The van der Waals surface area contributed by atoms with Gasteiger partial charge in [0.25, 0.3) is 0 Å². The summed E-state index contributed by atoms with van der Waals surface area (Å²) >= 11 is 0. The predicted molar refractivity (Wildman–Crippen MR) is 80.4 cm³/mol. The number of likely N-dealkylation sites (tertiary alicyclic amines) is 1. The van der Waals surface area contributed by atoms with E-state index in [2.05, 4.69) is 23.1 Å². The first-order chi connectivity index (χ1) is 10.2. The van der Waals surface area contributed by atoms with Gasteiger partial charge in [-0.1, -0.05) is 24.3 Å². The zero-order valence-corrected chi connectivity index (χ0v) is 12.5. The summed E-state index contributed by atoms with van der Waals surface area (Å²) in [5.41, 5.74) is 2.30. The van der Waals surface area contributed by atoms with E-state index in [4.69, 9.17) is 10.00 Å². The Labute approximate surface area is 126 Å². The van der Waals surface area contributed by atoms with Crippen molar-refractivity contribution in [2.75, 3.05) is 19.7 Å². The molecular weight excluding hydrogens is 264 g/mol. The first-order valence-electron chi connectivity index (χ1n) is 7.56. The van der Waals surface area contributed by atoms with Crippen molar-refractivity contribution in [2.24, 2.45) is 5.92 Å². The number of nitrogens with zero attached hydrogens (tertiary/aromatic N) is 2. The largest absolute Gasteiger partial charge is 0.466 e. The van der Waals surface area contributed by atoms with E-state index in [1.54, 1.807) is 0 Å². The highest BCUT2D eigenvalue weighted by molar-refractivity contribution is 5.72. The molecule has 0 amide bonds. The number of hydrogen-bond donors (Lipinski definition) is 0. The summed E-state index contributed by atoms with van der Waals surface area (Å²) < 4.78 is 5.09. The fourth-order valence-electron chi connectivity index (χ4n) is 2.77. The van der Waals surface area contributed by atoms with Crippen LogP contribution in [-0.2, 0) is 22.5 Å². The van der Waals surface area contributed by atoms with Crippen LogP contribution in [0.15, 0.2) is 24.3 Å². The summed E-state index contributed by atoms with van der Waals surface area (Å²) in [7, 11) is 0. The number of hydrogen-bond acceptors (Lipinski definition) is 4. The van der Waals surface area contributed by atoms with E-state index in [0.717, 1.165) is 38.0 Å². The van der Waals surface area contributed by atoms with E-state index in [9.17, 15) is 4.79 Å². The maximum Gasteiger partial charge on any atom is 0.309 e. The smallest absolute Gasteiger partial charge is 0.309 e. The van der Waals surface area contributed by atoms with E-state index >= 15 is 0 Å². The van der Waals surface area contributed by atoms with Crippen LogP contribution in [0, 0.1) is 17.2 Å². The Morgan fingerprint density at radius 1 is 1.38 bits per heavy atom. The van der Waals surface area contributed by atoms with Crippen LogP contribution >= 0.6 is 0 Å². The average Bonchev–Trinajstić information content (AvgIpc) is 2.49. The van der Waals surface area contributed by atoms with Crippen molar-refractivity contribution < 1.29 is 9.53 Å². The van der Waals surface area contributed by atoms with E-state index in [1.807, 2.05) is 19.1 Å². The van der Waals surface area contributed by atoms with Crippen LogP contribution in [0.3, 0.4) is 0 Å². The molecule has 1 aliphatic rings. The Morgan fingerprint density at radius 3 is 2.76 bits per heavy atom. The van der Waals surface area contributed by atoms with Gasteiger partial charge in [0.15, 0.2) is 0 Å². The van der Waals surface area contributed by atoms with Crippen LogP contribution in [0.2, 0.25) is 0 Å². The molecule has 2 rings (SSSR count). The lowest BCUT2D eigenvalue weighted by Gasteiger charge is -2.30. The van der Waals surface area contributed by atoms with Gasteiger partial charge < -0.3 is 4.74 Å². The molecule has 0 saturated carbocycles. The molecule has 0 atom stereocenters. The maximum atomic E-state index is 11.7. The Morgan fingerprint density at radius 2 is 2.10 bits per heavy atom. The summed E-state index contributed by atoms with van der Waals surface area (Å²) in [4.78, 5) is 14.1. The van der Waals surface area contributed by atoms with Crippen molar-refractivity contribution in [1.29, 1.82) is 5.26 Å². The zero-order valence-electron chi connectivity index (χ0n) is 12.5. The molecule has 1 aromatic carbocycles. The van der Waals surface area contributed by atoms with Crippen LogP contribution in [0.1, 0.15) is 30.9 Å². The topological polar surface area (TPSA) is 53.3 Å². The van der Waals surface area contributed by atoms with Crippen molar-refractivity contribution in [3.63, 3.8) is 0 Å². The molecule has 0 aliphatic carbocycles. The number of ether oxygens (including phenoxy) is 1. The molecule has 1 fully saturated rings. The van der Waals surface area contributed by atoms with Gasteiger partial charge in [-0.15, -0.1) is 0 Å². The van der Waals surface area contributed by atoms with Gasteiger partial charge in [0.1, 0.15) is 0 Å². The second-order valence-corrected chi connectivity index (χ2v) is 5.46. The molecule has 1 saturated heterocycles. The Kier molecular flexibility index (Phi) is 5.77. The van der Waals surface area contributed by atoms with Crippen molar-refractivity contribution in [2.45, 2.75) is 32.7 Å². The van der Waals surface area contributed by atoms with Crippen LogP contribution in [0.25, 0.3) is 0 Å². The van der Waals surface area contributed by atoms with Crippen LogP contribution in [-0.4, -0.2) is 30.6 Å². The molecule has 0 aromatic heterocycles. The standard InChI is InChI=1S/C17H22N2O2/c1-2-21-17(20)16-7-10-19(11-8-16)13-15-5-3-4-14(12-15)6-9-18/h3-5,12,16H,2,6-8,10-11,13H2,1H3. The molecule has 0 bridgehead atoms.